The van der Waals surface area contributed by atoms with Gasteiger partial charge in [0.25, 0.3) is 0 Å². The Hall–Kier alpha value is -2.40. The van der Waals surface area contributed by atoms with Gasteiger partial charge in [-0.1, -0.05) is 42.1 Å². The van der Waals surface area contributed by atoms with E-state index in [0.717, 1.165) is 43.6 Å². The number of hydrogen-bond acceptors (Lipinski definition) is 3. The summed E-state index contributed by atoms with van der Waals surface area (Å²) in [5, 5.41) is 1.21. The molecule has 2 aromatic rings. The molecule has 31 heavy (non-hydrogen) atoms. The largest absolute Gasteiger partial charge is 0.459 e. The van der Waals surface area contributed by atoms with E-state index in [2.05, 4.69) is 59.7 Å². The van der Waals surface area contributed by atoms with E-state index in [4.69, 9.17) is 17.0 Å². The summed E-state index contributed by atoms with van der Waals surface area (Å²) in [4.78, 5) is 14.7. The van der Waals surface area contributed by atoms with Crippen molar-refractivity contribution in [3.05, 3.63) is 58.8 Å². The van der Waals surface area contributed by atoms with Gasteiger partial charge in [0.1, 0.15) is 12.1 Å². The van der Waals surface area contributed by atoms with Crippen molar-refractivity contribution in [3.8, 4) is 0 Å². The molecule has 1 heterocycles. The molecule has 1 aromatic carbocycles. The monoisotopic (exact) mass is 438 g/mol. The third kappa shape index (κ3) is 6.07. The predicted octanol–water partition coefficient (Wildman–Crippen LogP) is 5.68. The number of esters is 1. The molecule has 5 heteroatoms. The van der Waals surface area contributed by atoms with Gasteiger partial charge in [-0.2, -0.15) is 0 Å². The topological polar surface area (TPSA) is 34.5 Å². The van der Waals surface area contributed by atoms with Gasteiger partial charge >= 0.3 is 5.97 Å². The standard InChI is InChI=1S/C26H34N2O2S/c1-19-11-12-24-23(15-19)22(20(2)28(24)17-25(29)30-26(3,4)5)13-14-27(18-31)16-21-9-7-6-8-10-21/h7,9-12,15,18H,6,8,13-14,16-17H2,1-5H3. The average molecular weight is 439 g/mol. The quantitative estimate of drug-likeness (QED) is 0.392. The first-order valence-corrected chi connectivity index (χ1v) is 11.5. The van der Waals surface area contributed by atoms with Crippen LogP contribution in [0.25, 0.3) is 10.9 Å². The van der Waals surface area contributed by atoms with Crippen molar-refractivity contribution in [1.82, 2.24) is 9.47 Å². The highest BCUT2D eigenvalue weighted by atomic mass is 32.1. The SMILES string of the molecule is Cc1ccc2c(c1)c(CCN(C=S)CC1=CCCC=C1)c(C)n2CC(=O)OC(C)(C)C. The summed E-state index contributed by atoms with van der Waals surface area (Å²) in [6, 6.07) is 6.43. The summed E-state index contributed by atoms with van der Waals surface area (Å²) < 4.78 is 7.67. The van der Waals surface area contributed by atoms with Crippen LogP contribution in [0.5, 0.6) is 0 Å². The maximum Gasteiger partial charge on any atom is 0.326 e. The van der Waals surface area contributed by atoms with Gasteiger partial charge in [0.2, 0.25) is 0 Å². The summed E-state index contributed by atoms with van der Waals surface area (Å²) in [7, 11) is 0. The van der Waals surface area contributed by atoms with Crippen molar-refractivity contribution in [1.29, 1.82) is 0 Å². The molecule has 0 unspecified atom stereocenters. The highest BCUT2D eigenvalue weighted by Gasteiger charge is 2.21. The number of thiocarbonyl (C=S) groups is 1. The molecule has 0 bridgehead atoms. The Morgan fingerprint density at radius 2 is 2.03 bits per heavy atom. The number of rotatable bonds is 8. The van der Waals surface area contributed by atoms with Gasteiger partial charge in [0.05, 0.1) is 5.49 Å². The fraction of sp³-hybridized carbons (Fsp3) is 0.462. The van der Waals surface area contributed by atoms with Crippen LogP contribution in [0.1, 0.15) is 50.4 Å². The lowest BCUT2D eigenvalue weighted by Crippen LogP contribution is -2.27. The minimum Gasteiger partial charge on any atom is -0.459 e. The number of nitrogens with zero attached hydrogens (tertiary/aromatic N) is 2. The lowest BCUT2D eigenvalue weighted by atomic mass is 10.0. The van der Waals surface area contributed by atoms with Gasteiger partial charge in [-0.25, -0.2) is 0 Å². The Bertz CT molecular complexity index is 1020. The lowest BCUT2D eigenvalue weighted by Gasteiger charge is -2.21. The molecule has 0 N–H and O–H groups in total. The average Bonchev–Trinajstić information content (AvgIpc) is 2.95. The fourth-order valence-electron chi connectivity index (χ4n) is 4.13. The van der Waals surface area contributed by atoms with E-state index < -0.39 is 5.60 Å². The summed E-state index contributed by atoms with van der Waals surface area (Å²) >= 11 is 5.30. The maximum atomic E-state index is 12.6. The van der Waals surface area contributed by atoms with Gasteiger partial charge in [0.15, 0.2) is 0 Å². The number of aryl methyl sites for hydroxylation is 1. The van der Waals surface area contributed by atoms with E-state index in [1.165, 1.54) is 22.1 Å². The van der Waals surface area contributed by atoms with Gasteiger partial charge in [0, 0.05) is 29.7 Å². The third-order valence-corrected chi connectivity index (χ3v) is 5.87. The zero-order chi connectivity index (χ0) is 22.6. The number of ether oxygens (including phenoxy) is 1. The Kier molecular flexibility index (Phi) is 7.37. The summed E-state index contributed by atoms with van der Waals surface area (Å²) in [6.07, 6.45) is 9.83. The van der Waals surface area contributed by atoms with Gasteiger partial charge < -0.3 is 14.2 Å². The highest BCUT2D eigenvalue weighted by Crippen LogP contribution is 2.28. The molecule has 0 saturated heterocycles. The molecule has 166 valence electrons. The number of fused-ring (bicyclic) bond motifs is 1. The number of hydrogen-bond donors (Lipinski definition) is 0. The van der Waals surface area contributed by atoms with Crippen LogP contribution in [-0.4, -0.2) is 39.6 Å². The molecule has 3 rings (SSSR count). The van der Waals surface area contributed by atoms with Crippen molar-refractivity contribution >= 4 is 34.6 Å². The van der Waals surface area contributed by atoms with Crippen molar-refractivity contribution in [2.45, 2.75) is 66.0 Å². The molecule has 0 saturated carbocycles. The molecule has 1 aliphatic rings. The van der Waals surface area contributed by atoms with Crippen molar-refractivity contribution in [2.75, 3.05) is 13.1 Å². The van der Waals surface area contributed by atoms with E-state index in [1.54, 1.807) is 5.49 Å². The number of carbonyl (C=O) groups is 1. The van der Waals surface area contributed by atoms with Crippen LogP contribution < -0.4 is 0 Å². The Morgan fingerprint density at radius 3 is 2.68 bits per heavy atom. The number of carbonyl (C=O) groups excluding carboxylic acids is 1. The van der Waals surface area contributed by atoms with Gasteiger partial charge in [-0.15, -0.1) is 0 Å². The van der Waals surface area contributed by atoms with Crippen LogP contribution in [-0.2, 0) is 22.5 Å². The Labute approximate surface area is 191 Å². The molecule has 0 amide bonds. The number of aromatic nitrogens is 1. The second kappa shape index (κ2) is 9.82. The molecule has 0 aliphatic heterocycles. The molecular formula is C26H34N2O2S. The first kappa shape index (κ1) is 23.3. The Balaban J connectivity index is 1.84. The van der Waals surface area contributed by atoms with E-state index in [-0.39, 0.29) is 12.5 Å². The predicted molar refractivity (Wildman–Crippen MR) is 133 cm³/mol. The molecule has 1 aliphatic carbocycles. The van der Waals surface area contributed by atoms with E-state index in [1.807, 2.05) is 20.8 Å². The zero-order valence-corrected chi connectivity index (χ0v) is 20.2. The fourth-order valence-corrected chi connectivity index (χ4v) is 4.31. The van der Waals surface area contributed by atoms with Gasteiger partial charge in [-0.05, 0) is 77.2 Å². The lowest BCUT2D eigenvalue weighted by molar-refractivity contribution is -0.155. The number of benzene rings is 1. The molecule has 0 atom stereocenters. The second-order valence-electron chi connectivity index (χ2n) is 9.34. The first-order chi connectivity index (χ1) is 14.7. The minimum atomic E-state index is -0.491. The van der Waals surface area contributed by atoms with Crippen molar-refractivity contribution in [2.24, 2.45) is 0 Å². The van der Waals surface area contributed by atoms with Crippen LogP contribution in [0.4, 0.5) is 0 Å². The van der Waals surface area contributed by atoms with E-state index in [0.29, 0.717) is 0 Å². The highest BCUT2D eigenvalue weighted by molar-refractivity contribution is 7.78. The summed E-state index contributed by atoms with van der Waals surface area (Å²) in [5.74, 6) is -0.212. The zero-order valence-electron chi connectivity index (χ0n) is 19.4. The molecule has 0 radical (unpaired) electrons. The Morgan fingerprint density at radius 1 is 1.26 bits per heavy atom. The van der Waals surface area contributed by atoms with Crippen molar-refractivity contribution < 1.29 is 9.53 Å². The van der Waals surface area contributed by atoms with Gasteiger partial charge in [-0.3, -0.25) is 4.79 Å². The second-order valence-corrected chi connectivity index (χ2v) is 9.55. The van der Waals surface area contributed by atoms with E-state index >= 15 is 0 Å². The molecule has 0 spiro atoms. The van der Waals surface area contributed by atoms with Crippen LogP contribution in [0, 0.1) is 13.8 Å². The molecular weight excluding hydrogens is 404 g/mol. The van der Waals surface area contributed by atoms with Crippen molar-refractivity contribution in [3.63, 3.8) is 0 Å². The first-order valence-electron chi connectivity index (χ1n) is 11.0. The van der Waals surface area contributed by atoms with Crippen LogP contribution in [0.15, 0.2) is 42.0 Å². The molecule has 4 nitrogen and oxygen atoms in total. The normalized spacial score (nSPS) is 13.9. The third-order valence-electron chi connectivity index (χ3n) is 5.57. The molecule has 0 fully saturated rings. The summed E-state index contributed by atoms with van der Waals surface area (Å²) in [6.45, 7) is 11.8. The summed E-state index contributed by atoms with van der Waals surface area (Å²) in [5.41, 5.74) is 7.29. The van der Waals surface area contributed by atoms with Crippen LogP contribution in [0.3, 0.4) is 0 Å². The van der Waals surface area contributed by atoms with E-state index in [9.17, 15) is 4.79 Å². The molecule has 1 aromatic heterocycles. The number of allylic oxidation sites excluding steroid dienone is 2. The van der Waals surface area contributed by atoms with Crippen LogP contribution in [0.2, 0.25) is 0 Å². The minimum absolute atomic E-state index is 0.212. The smallest absolute Gasteiger partial charge is 0.326 e. The van der Waals surface area contributed by atoms with Crippen LogP contribution >= 0.6 is 12.2 Å². The maximum absolute atomic E-state index is 12.6.